The molecule has 0 radical (unpaired) electrons. The molecule has 0 aliphatic carbocycles. The van der Waals surface area contributed by atoms with E-state index in [1.807, 2.05) is 18.7 Å². The average molecular weight is 280 g/mol. The fraction of sp³-hybridized carbons (Fsp3) is 0.533. The molecule has 1 N–H and O–H groups in total. The Kier molecular flexibility index (Phi) is 3.73. The number of carbonyl (C=O) groups is 1. The number of piperazine rings is 1. The van der Waals surface area contributed by atoms with Crippen LogP contribution in [0.2, 0.25) is 0 Å². The van der Waals surface area contributed by atoms with Crippen molar-refractivity contribution in [3.05, 3.63) is 29.6 Å². The summed E-state index contributed by atoms with van der Waals surface area (Å²) in [6.07, 6.45) is -0.786. The Morgan fingerprint density at radius 3 is 2.60 bits per heavy atom. The molecule has 0 spiro atoms. The van der Waals surface area contributed by atoms with Gasteiger partial charge in [0.05, 0.1) is 6.10 Å². The van der Waals surface area contributed by atoms with Crippen molar-refractivity contribution in [2.45, 2.75) is 32.4 Å². The Labute approximate surface area is 118 Å². The Morgan fingerprint density at radius 2 is 2.00 bits per heavy atom. The number of carbonyl (C=O) groups excluding carboxylic acids is 1. The van der Waals surface area contributed by atoms with E-state index in [4.69, 9.17) is 0 Å². The van der Waals surface area contributed by atoms with Crippen molar-refractivity contribution in [3.63, 3.8) is 0 Å². The van der Waals surface area contributed by atoms with Crippen LogP contribution in [0.1, 0.15) is 32.4 Å². The molecule has 0 unspecified atom stereocenters. The fourth-order valence-corrected chi connectivity index (χ4v) is 2.74. The maximum Gasteiger partial charge on any atom is 0.247 e. The van der Waals surface area contributed by atoms with E-state index in [9.17, 15) is 14.3 Å². The molecule has 0 saturated carbocycles. The second-order valence-corrected chi connectivity index (χ2v) is 5.82. The molecule has 1 aromatic rings. The summed E-state index contributed by atoms with van der Waals surface area (Å²) in [6, 6.07) is 4.33. The van der Waals surface area contributed by atoms with Gasteiger partial charge in [-0.25, -0.2) is 4.39 Å². The van der Waals surface area contributed by atoms with Crippen LogP contribution in [0.25, 0.3) is 0 Å². The van der Waals surface area contributed by atoms with Crippen LogP contribution in [0.15, 0.2) is 18.2 Å². The van der Waals surface area contributed by atoms with Crippen LogP contribution in [0.3, 0.4) is 0 Å². The smallest absolute Gasteiger partial charge is 0.247 e. The van der Waals surface area contributed by atoms with Crippen molar-refractivity contribution in [2.24, 2.45) is 0 Å². The second kappa shape index (κ2) is 5.05. The molecule has 1 saturated heterocycles. The summed E-state index contributed by atoms with van der Waals surface area (Å²) in [4.78, 5) is 16.0. The lowest BCUT2D eigenvalue weighted by atomic mass is 9.94. The van der Waals surface area contributed by atoms with Gasteiger partial charge in [0.2, 0.25) is 5.91 Å². The first-order valence-electron chi connectivity index (χ1n) is 6.76. The number of hydrogen-bond acceptors (Lipinski definition) is 3. The highest BCUT2D eigenvalue weighted by molar-refractivity contribution is 5.90. The van der Waals surface area contributed by atoms with Crippen molar-refractivity contribution in [2.75, 3.05) is 25.0 Å². The Bertz CT molecular complexity index is 529. The van der Waals surface area contributed by atoms with Crippen molar-refractivity contribution < 1.29 is 14.3 Å². The first-order valence-corrected chi connectivity index (χ1v) is 6.76. The summed E-state index contributed by atoms with van der Waals surface area (Å²) in [5, 5.41) is 9.86. The Hall–Kier alpha value is -1.62. The number of anilines is 1. The Morgan fingerprint density at radius 1 is 1.35 bits per heavy atom. The normalized spacial score (nSPS) is 20.2. The third-order valence-corrected chi connectivity index (χ3v) is 3.93. The lowest BCUT2D eigenvalue weighted by Crippen LogP contribution is -2.62. The van der Waals surface area contributed by atoms with Gasteiger partial charge in [0, 0.05) is 31.4 Å². The number of likely N-dealkylation sites (N-methyl/N-ethyl adjacent to an activating group) is 1. The third kappa shape index (κ3) is 2.38. The van der Waals surface area contributed by atoms with Gasteiger partial charge in [0.25, 0.3) is 0 Å². The van der Waals surface area contributed by atoms with E-state index in [1.165, 1.54) is 12.1 Å². The molecule has 110 valence electrons. The lowest BCUT2D eigenvalue weighted by molar-refractivity contribution is -0.136. The molecule has 0 aromatic heterocycles. The van der Waals surface area contributed by atoms with Gasteiger partial charge >= 0.3 is 0 Å². The molecular formula is C15H21FN2O2. The molecular weight excluding hydrogens is 259 g/mol. The van der Waals surface area contributed by atoms with E-state index in [-0.39, 0.29) is 11.7 Å². The number of hydrogen-bond donors (Lipinski definition) is 1. The quantitative estimate of drug-likeness (QED) is 0.900. The minimum Gasteiger partial charge on any atom is -0.389 e. The van der Waals surface area contributed by atoms with Gasteiger partial charge in [-0.05, 0) is 39.0 Å². The summed E-state index contributed by atoms with van der Waals surface area (Å²) in [7, 11) is 1.78. The topological polar surface area (TPSA) is 43.8 Å². The van der Waals surface area contributed by atoms with Gasteiger partial charge in [-0.1, -0.05) is 0 Å². The van der Waals surface area contributed by atoms with E-state index >= 15 is 0 Å². The maximum atomic E-state index is 13.4. The zero-order valence-electron chi connectivity index (χ0n) is 12.4. The molecule has 1 fully saturated rings. The number of nitrogens with zero attached hydrogens (tertiary/aromatic N) is 2. The molecule has 1 aliphatic rings. The predicted molar refractivity (Wildman–Crippen MR) is 76.1 cm³/mol. The van der Waals surface area contributed by atoms with Gasteiger partial charge in [0.15, 0.2) is 0 Å². The summed E-state index contributed by atoms with van der Waals surface area (Å²) >= 11 is 0. The van der Waals surface area contributed by atoms with Crippen LogP contribution < -0.4 is 4.90 Å². The molecule has 1 atom stereocenters. The molecule has 1 amide bonds. The molecule has 1 heterocycles. The highest BCUT2D eigenvalue weighted by Crippen LogP contribution is 2.34. The standard InChI is InChI=1S/C15H21FN2O2/c1-10(19)12-9-11(16)5-6-13(12)18-8-7-17(4)14(20)15(18,2)3/h5-6,9-10,19H,7-8H2,1-4H3/t10-/m1/s1. The summed E-state index contributed by atoms with van der Waals surface area (Å²) in [5.74, 6) is -0.368. The van der Waals surface area contributed by atoms with E-state index in [2.05, 4.69) is 0 Å². The lowest BCUT2D eigenvalue weighted by Gasteiger charge is -2.47. The van der Waals surface area contributed by atoms with Gasteiger partial charge < -0.3 is 14.9 Å². The van der Waals surface area contributed by atoms with Crippen LogP contribution in [0.4, 0.5) is 10.1 Å². The number of amides is 1. The fourth-order valence-electron chi connectivity index (χ4n) is 2.74. The first-order chi connectivity index (χ1) is 9.25. The number of aliphatic hydroxyl groups is 1. The molecule has 5 heteroatoms. The monoisotopic (exact) mass is 280 g/mol. The van der Waals surface area contributed by atoms with E-state index in [0.717, 1.165) is 0 Å². The zero-order valence-corrected chi connectivity index (χ0v) is 12.4. The summed E-state index contributed by atoms with van der Waals surface area (Å²) < 4.78 is 13.4. The SMILES string of the molecule is C[C@@H](O)c1cc(F)ccc1N1CCN(C)C(=O)C1(C)C. The van der Waals surface area contributed by atoms with Gasteiger partial charge in [-0.15, -0.1) is 0 Å². The zero-order chi connectivity index (χ0) is 15.1. The minimum absolute atomic E-state index is 0.0182. The predicted octanol–water partition coefficient (Wildman–Crippen LogP) is 1.94. The van der Waals surface area contributed by atoms with Crippen LogP contribution >= 0.6 is 0 Å². The molecule has 2 rings (SSSR count). The third-order valence-electron chi connectivity index (χ3n) is 3.93. The average Bonchev–Trinajstić information content (AvgIpc) is 2.37. The summed E-state index contributed by atoms with van der Waals surface area (Å²) in [6.45, 7) is 6.56. The molecule has 4 nitrogen and oxygen atoms in total. The number of aliphatic hydroxyl groups excluding tert-OH is 1. The van der Waals surface area contributed by atoms with E-state index < -0.39 is 11.6 Å². The van der Waals surface area contributed by atoms with Crippen LogP contribution in [0.5, 0.6) is 0 Å². The number of benzene rings is 1. The van der Waals surface area contributed by atoms with E-state index in [1.54, 1.807) is 24.9 Å². The number of halogens is 1. The first kappa shape index (κ1) is 14.8. The van der Waals surface area contributed by atoms with Gasteiger partial charge in [0.1, 0.15) is 11.4 Å². The minimum atomic E-state index is -0.786. The number of rotatable bonds is 2. The highest BCUT2D eigenvalue weighted by Gasteiger charge is 2.41. The molecule has 20 heavy (non-hydrogen) atoms. The van der Waals surface area contributed by atoms with Crippen LogP contribution in [-0.2, 0) is 4.79 Å². The van der Waals surface area contributed by atoms with Crippen molar-refractivity contribution in [1.29, 1.82) is 0 Å². The Balaban J connectivity index is 2.48. The largest absolute Gasteiger partial charge is 0.389 e. The van der Waals surface area contributed by atoms with Gasteiger partial charge in [-0.3, -0.25) is 4.79 Å². The molecule has 0 bridgehead atoms. The molecule has 1 aliphatic heterocycles. The maximum absolute atomic E-state index is 13.4. The van der Waals surface area contributed by atoms with Gasteiger partial charge in [-0.2, -0.15) is 0 Å². The van der Waals surface area contributed by atoms with Crippen LogP contribution in [-0.4, -0.2) is 41.6 Å². The molecule has 1 aromatic carbocycles. The van der Waals surface area contributed by atoms with Crippen molar-refractivity contribution in [1.82, 2.24) is 4.90 Å². The van der Waals surface area contributed by atoms with E-state index in [0.29, 0.717) is 24.3 Å². The van der Waals surface area contributed by atoms with Crippen LogP contribution in [0, 0.1) is 5.82 Å². The van der Waals surface area contributed by atoms with Crippen molar-refractivity contribution >= 4 is 11.6 Å². The second-order valence-electron chi connectivity index (χ2n) is 5.82. The highest BCUT2D eigenvalue weighted by atomic mass is 19.1. The summed E-state index contributed by atoms with van der Waals surface area (Å²) in [5.41, 5.74) is 0.511. The van der Waals surface area contributed by atoms with Crippen molar-refractivity contribution in [3.8, 4) is 0 Å².